The topological polar surface area (TPSA) is 93.4 Å². The van der Waals surface area contributed by atoms with Crippen molar-refractivity contribution in [2.24, 2.45) is 0 Å². The van der Waals surface area contributed by atoms with Gasteiger partial charge in [0.05, 0.1) is 6.61 Å². The molecule has 1 heterocycles. The molecule has 0 radical (unpaired) electrons. The fraction of sp³-hybridized carbons (Fsp3) is 0.571. The van der Waals surface area contributed by atoms with Crippen LogP contribution >= 0.6 is 11.8 Å². The monoisotopic (exact) mass is 315 g/mol. The molecule has 1 aromatic rings. The van der Waals surface area contributed by atoms with E-state index in [1.54, 1.807) is 0 Å². The molecule has 1 aromatic carbocycles. The third kappa shape index (κ3) is 3.68. The normalized spacial score (nSPS) is 33.0. The number of hydrogen-bond donors (Lipinski definition) is 4. The highest BCUT2D eigenvalue weighted by Crippen LogP contribution is 2.33. The molecule has 6 nitrogen and oxygen atoms in total. The standard InChI is InChI=1S/C14H21NO5S/c1-15(2)8-3-5-9(6-4-8)21-14-13(19)12(18)11(17)10(7-16)20-14/h3-6,10-14,16-19H,7H2,1-2H3. The van der Waals surface area contributed by atoms with Crippen LogP contribution in [0.5, 0.6) is 0 Å². The molecule has 0 saturated carbocycles. The summed E-state index contributed by atoms with van der Waals surface area (Å²) in [4.78, 5) is 2.84. The predicted octanol–water partition coefficient (Wildman–Crippen LogP) is -0.355. The zero-order chi connectivity index (χ0) is 15.6. The van der Waals surface area contributed by atoms with Gasteiger partial charge in [-0.15, -0.1) is 0 Å². The lowest BCUT2D eigenvalue weighted by molar-refractivity contribution is -0.205. The first-order valence-electron chi connectivity index (χ1n) is 6.68. The van der Waals surface area contributed by atoms with E-state index in [4.69, 9.17) is 9.84 Å². The third-order valence-corrected chi connectivity index (χ3v) is 4.62. The molecule has 0 bridgehead atoms. The summed E-state index contributed by atoms with van der Waals surface area (Å²) in [6.45, 7) is -0.415. The van der Waals surface area contributed by atoms with Crippen molar-refractivity contribution in [1.29, 1.82) is 0 Å². The molecule has 7 heteroatoms. The molecule has 0 aliphatic carbocycles. The van der Waals surface area contributed by atoms with Crippen LogP contribution in [0.1, 0.15) is 0 Å². The van der Waals surface area contributed by atoms with Crippen molar-refractivity contribution in [1.82, 2.24) is 0 Å². The molecular formula is C14H21NO5S. The van der Waals surface area contributed by atoms with E-state index in [0.717, 1.165) is 10.6 Å². The Morgan fingerprint density at radius 3 is 2.19 bits per heavy atom. The number of anilines is 1. The highest BCUT2D eigenvalue weighted by Gasteiger charge is 2.43. The quantitative estimate of drug-likeness (QED) is 0.603. The van der Waals surface area contributed by atoms with Crippen LogP contribution in [0.25, 0.3) is 0 Å². The van der Waals surface area contributed by atoms with Crippen molar-refractivity contribution in [3.8, 4) is 0 Å². The number of rotatable bonds is 4. The molecule has 5 atom stereocenters. The number of thioether (sulfide) groups is 1. The molecule has 0 spiro atoms. The molecule has 21 heavy (non-hydrogen) atoms. The van der Waals surface area contributed by atoms with Crippen LogP contribution in [0.4, 0.5) is 5.69 Å². The van der Waals surface area contributed by atoms with Crippen LogP contribution in [0, 0.1) is 0 Å². The highest BCUT2D eigenvalue weighted by atomic mass is 32.2. The zero-order valence-electron chi connectivity index (χ0n) is 12.0. The number of benzene rings is 1. The first-order chi connectivity index (χ1) is 9.93. The second-order valence-corrected chi connectivity index (χ2v) is 6.38. The maximum absolute atomic E-state index is 9.98. The summed E-state index contributed by atoms with van der Waals surface area (Å²) in [6.07, 6.45) is -4.75. The average molecular weight is 315 g/mol. The van der Waals surface area contributed by atoms with Crippen LogP contribution in [0.2, 0.25) is 0 Å². The van der Waals surface area contributed by atoms with E-state index in [2.05, 4.69) is 0 Å². The summed E-state index contributed by atoms with van der Waals surface area (Å²) >= 11 is 1.25. The van der Waals surface area contributed by atoms with Crippen molar-refractivity contribution in [3.05, 3.63) is 24.3 Å². The molecule has 1 aliphatic heterocycles. The van der Waals surface area contributed by atoms with Gasteiger partial charge in [0.25, 0.3) is 0 Å². The van der Waals surface area contributed by atoms with Gasteiger partial charge >= 0.3 is 0 Å². The minimum Gasteiger partial charge on any atom is -0.394 e. The lowest BCUT2D eigenvalue weighted by Crippen LogP contribution is -2.57. The van der Waals surface area contributed by atoms with Crippen LogP contribution in [0.3, 0.4) is 0 Å². The highest BCUT2D eigenvalue weighted by molar-refractivity contribution is 7.99. The van der Waals surface area contributed by atoms with E-state index in [1.165, 1.54) is 11.8 Å². The molecule has 4 N–H and O–H groups in total. The van der Waals surface area contributed by atoms with Gasteiger partial charge in [-0.2, -0.15) is 0 Å². The van der Waals surface area contributed by atoms with Gasteiger partial charge in [0.1, 0.15) is 29.9 Å². The molecule has 1 aliphatic rings. The Bertz CT molecular complexity index is 453. The average Bonchev–Trinajstić information content (AvgIpc) is 2.48. The van der Waals surface area contributed by atoms with E-state index in [1.807, 2.05) is 43.3 Å². The van der Waals surface area contributed by atoms with E-state index >= 15 is 0 Å². The van der Waals surface area contributed by atoms with E-state index in [-0.39, 0.29) is 0 Å². The smallest absolute Gasteiger partial charge is 0.136 e. The number of aliphatic hydroxyl groups excluding tert-OH is 4. The number of ether oxygens (including phenoxy) is 1. The van der Waals surface area contributed by atoms with Crippen molar-refractivity contribution >= 4 is 17.4 Å². The minimum atomic E-state index is -1.34. The van der Waals surface area contributed by atoms with Crippen molar-refractivity contribution in [3.63, 3.8) is 0 Å². The lowest BCUT2D eigenvalue weighted by atomic mass is 10.0. The van der Waals surface area contributed by atoms with Gasteiger partial charge in [-0.1, -0.05) is 11.8 Å². The Balaban J connectivity index is 2.07. The summed E-state index contributed by atoms with van der Waals surface area (Å²) in [5, 5.41) is 38.6. The van der Waals surface area contributed by atoms with E-state index in [9.17, 15) is 15.3 Å². The van der Waals surface area contributed by atoms with Gasteiger partial charge < -0.3 is 30.1 Å². The van der Waals surface area contributed by atoms with Crippen molar-refractivity contribution in [2.45, 2.75) is 34.7 Å². The summed E-state index contributed by atoms with van der Waals surface area (Å²) in [5.74, 6) is 0. The lowest BCUT2D eigenvalue weighted by Gasteiger charge is -2.39. The van der Waals surface area contributed by atoms with Crippen molar-refractivity contribution < 1.29 is 25.2 Å². The van der Waals surface area contributed by atoms with Crippen LogP contribution in [0.15, 0.2) is 29.2 Å². The Morgan fingerprint density at radius 1 is 1.05 bits per heavy atom. The maximum Gasteiger partial charge on any atom is 0.136 e. The van der Waals surface area contributed by atoms with Crippen molar-refractivity contribution in [2.75, 3.05) is 25.6 Å². The molecule has 0 amide bonds. The first kappa shape index (κ1) is 16.5. The summed E-state index contributed by atoms with van der Waals surface area (Å²) in [5.41, 5.74) is 0.305. The molecule has 1 fully saturated rings. The number of hydrogen-bond acceptors (Lipinski definition) is 7. The van der Waals surface area contributed by atoms with Crippen LogP contribution < -0.4 is 4.90 Å². The Morgan fingerprint density at radius 2 is 1.67 bits per heavy atom. The summed E-state index contributed by atoms with van der Waals surface area (Å²) in [6, 6.07) is 7.65. The summed E-state index contributed by atoms with van der Waals surface area (Å²) in [7, 11) is 3.89. The van der Waals surface area contributed by atoms with Gasteiger partial charge in [0.15, 0.2) is 0 Å². The Hall–Kier alpha value is -0.830. The molecule has 5 unspecified atom stereocenters. The largest absolute Gasteiger partial charge is 0.394 e. The molecule has 2 rings (SSSR count). The second-order valence-electron chi connectivity index (χ2n) is 5.20. The Labute approximate surface area is 128 Å². The number of nitrogens with zero attached hydrogens (tertiary/aromatic N) is 1. The molecule has 0 aromatic heterocycles. The fourth-order valence-electron chi connectivity index (χ4n) is 2.12. The van der Waals surface area contributed by atoms with Gasteiger partial charge in [0.2, 0.25) is 0 Å². The van der Waals surface area contributed by atoms with Gasteiger partial charge in [0, 0.05) is 24.7 Å². The van der Waals surface area contributed by atoms with E-state index < -0.39 is 36.5 Å². The third-order valence-electron chi connectivity index (χ3n) is 3.45. The van der Waals surface area contributed by atoms with Crippen LogP contribution in [-0.4, -0.2) is 71.0 Å². The SMILES string of the molecule is CN(C)c1ccc(SC2OC(CO)C(O)C(O)C2O)cc1. The molecule has 1 saturated heterocycles. The van der Waals surface area contributed by atoms with Crippen LogP contribution in [-0.2, 0) is 4.74 Å². The predicted molar refractivity (Wildman–Crippen MR) is 80.4 cm³/mol. The van der Waals surface area contributed by atoms with Gasteiger partial charge in [-0.05, 0) is 24.3 Å². The first-order valence-corrected chi connectivity index (χ1v) is 7.56. The number of aliphatic hydroxyl groups is 4. The summed E-state index contributed by atoms with van der Waals surface area (Å²) < 4.78 is 5.45. The minimum absolute atomic E-state index is 0.415. The maximum atomic E-state index is 9.98. The molecule has 118 valence electrons. The second kappa shape index (κ2) is 6.95. The fourth-order valence-corrected chi connectivity index (χ4v) is 3.18. The van der Waals surface area contributed by atoms with E-state index in [0.29, 0.717) is 0 Å². The van der Waals surface area contributed by atoms with Gasteiger partial charge in [-0.3, -0.25) is 0 Å². The van der Waals surface area contributed by atoms with Gasteiger partial charge in [-0.25, -0.2) is 0 Å². The Kier molecular flexibility index (Phi) is 5.48. The zero-order valence-corrected chi connectivity index (χ0v) is 12.8. The molecular weight excluding hydrogens is 294 g/mol.